The number of aryl methyl sites for hydroxylation is 1. The molecule has 0 saturated heterocycles. The number of amides is 2. The number of sulfonamides is 1. The molecule has 13 heteroatoms. The lowest BCUT2D eigenvalue weighted by Gasteiger charge is -2.35. The number of carbonyl (C=O) groups is 2. The second-order valence-corrected chi connectivity index (χ2v) is 8.51. The smallest absolute Gasteiger partial charge is 0.409 e. The fourth-order valence-corrected chi connectivity index (χ4v) is 4.69. The molecular weight excluding hydrogens is 430 g/mol. The van der Waals surface area contributed by atoms with Gasteiger partial charge in [-0.15, -0.1) is 5.10 Å². The van der Waals surface area contributed by atoms with Crippen LogP contribution < -0.4 is 24.4 Å². The van der Waals surface area contributed by atoms with Crippen molar-refractivity contribution in [3.8, 4) is 11.6 Å². The predicted octanol–water partition coefficient (Wildman–Crippen LogP) is 1.09. The van der Waals surface area contributed by atoms with E-state index in [4.69, 9.17) is 14.6 Å². The molecule has 2 amide bonds. The Morgan fingerprint density at radius 1 is 1.39 bits per heavy atom. The van der Waals surface area contributed by atoms with E-state index in [0.717, 1.165) is 4.31 Å². The average molecular weight is 453 g/mol. The van der Waals surface area contributed by atoms with Gasteiger partial charge in [-0.1, -0.05) is 0 Å². The first-order valence-corrected chi connectivity index (χ1v) is 10.8. The van der Waals surface area contributed by atoms with Crippen LogP contribution in [-0.4, -0.2) is 61.6 Å². The summed E-state index contributed by atoms with van der Waals surface area (Å²) in [6, 6.07) is 4.29. The van der Waals surface area contributed by atoms with Crippen LogP contribution in [0.25, 0.3) is 0 Å². The van der Waals surface area contributed by atoms with E-state index in [1.807, 2.05) is 0 Å². The summed E-state index contributed by atoms with van der Waals surface area (Å²) in [6.45, 7) is 3.55. The van der Waals surface area contributed by atoms with E-state index in [-0.39, 0.29) is 46.9 Å². The molecule has 0 spiro atoms. The van der Waals surface area contributed by atoms with Gasteiger partial charge in [0.25, 0.3) is 15.9 Å². The molecule has 0 fully saturated rings. The molecule has 1 aromatic carbocycles. The molecule has 1 atom stereocenters. The van der Waals surface area contributed by atoms with Gasteiger partial charge in [0.2, 0.25) is 5.91 Å². The Morgan fingerprint density at radius 3 is 2.74 bits per heavy atom. The zero-order chi connectivity index (χ0) is 22.8. The van der Waals surface area contributed by atoms with Gasteiger partial charge in [-0.05, 0) is 25.1 Å². The number of carboxylic acid groups (broad SMARTS) is 1. The summed E-state index contributed by atoms with van der Waals surface area (Å²) in [5.74, 6) is -0.119. The Bertz CT molecular complexity index is 1100. The van der Waals surface area contributed by atoms with E-state index >= 15 is 0 Å². The number of ether oxygens (including phenoxy) is 2. The van der Waals surface area contributed by atoms with E-state index in [9.17, 15) is 18.0 Å². The Kier molecular flexibility index (Phi) is 6.24. The van der Waals surface area contributed by atoms with Gasteiger partial charge in [0, 0.05) is 25.4 Å². The SMILES string of the molecule is CCn1cc(S(=O)(=O)N2CC(CNC(C)=O)Oc3ccc(NC(=O)O)cc32)c(OC)n1. The number of carbonyl (C=O) groups excluding carboxylic acids is 1. The highest BCUT2D eigenvalue weighted by Gasteiger charge is 2.37. The van der Waals surface area contributed by atoms with E-state index in [2.05, 4.69) is 15.7 Å². The van der Waals surface area contributed by atoms with Crippen LogP contribution in [0, 0.1) is 0 Å². The summed E-state index contributed by atoms with van der Waals surface area (Å²) in [5.41, 5.74) is 0.322. The summed E-state index contributed by atoms with van der Waals surface area (Å²) in [4.78, 5) is 22.2. The van der Waals surface area contributed by atoms with Crippen LogP contribution in [0.15, 0.2) is 29.3 Å². The van der Waals surface area contributed by atoms with Crippen LogP contribution in [0.4, 0.5) is 16.2 Å². The third-order valence-corrected chi connectivity index (χ3v) is 6.26. The maximum Gasteiger partial charge on any atom is 0.409 e. The first kappa shape index (κ1) is 22.2. The van der Waals surface area contributed by atoms with Gasteiger partial charge < -0.3 is 19.9 Å². The van der Waals surface area contributed by atoms with Crippen molar-refractivity contribution in [1.29, 1.82) is 0 Å². The van der Waals surface area contributed by atoms with Gasteiger partial charge in [0.1, 0.15) is 11.9 Å². The minimum absolute atomic E-state index is 0.0619. The van der Waals surface area contributed by atoms with Crippen molar-refractivity contribution < 1.29 is 32.6 Å². The molecule has 168 valence electrons. The minimum atomic E-state index is -4.17. The third kappa shape index (κ3) is 4.66. The lowest BCUT2D eigenvalue weighted by molar-refractivity contribution is -0.119. The monoisotopic (exact) mass is 453 g/mol. The van der Waals surface area contributed by atoms with E-state index in [0.29, 0.717) is 6.54 Å². The van der Waals surface area contributed by atoms with Crippen LogP contribution in [-0.2, 0) is 21.4 Å². The topological polar surface area (TPSA) is 152 Å². The van der Waals surface area contributed by atoms with Gasteiger partial charge in [0.05, 0.1) is 25.9 Å². The Labute approximate surface area is 178 Å². The fraction of sp³-hybridized carbons (Fsp3) is 0.389. The molecule has 12 nitrogen and oxygen atoms in total. The van der Waals surface area contributed by atoms with Crippen molar-refractivity contribution >= 4 is 33.4 Å². The van der Waals surface area contributed by atoms with Crippen molar-refractivity contribution in [3.63, 3.8) is 0 Å². The molecule has 1 aliphatic rings. The second-order valence-electron chi connectivity index (χ2n) is 6.68. The number of hydrogen-bond donors (Lipinski definition) is 3. The van der Waals surface area contributed by atoms with Crippen molar-refractivity contribution in [1.82, 2.24) is 15.1 Å². The highest BCUT2D eigenvalue weighted by molar-refractivity contribution is 7.93. The first-order chi connectivity index (χ1) is 14.6. The summed E-state index contributed by atoms with van der Waals surface area (Å²) in [7, 11) is -2.84. The van der Waals surface area contributed by atoms with E-state index < -0.39 is 22.2 Å². The standard InChI is InChI=1S/C18H23N5O7S/c1-4-22-10-16(17(21-22)29-3)31(27,28)23-9-13(8-19-11(2)24)30-15-6-5-12(7-14(15)23)20-18(25)26/h5-7,10,13,20H,4,8-9H2,1-3H3,(H,19,24)(H,25,26). The van der Waals surface area contributed by atoms with Crippen LogP contribution >= 0.6 is 0 Å². The van der Waals surface area contributed by atoms with Crippen LogP contribution in [0.3, 0.4) is 0 Å². The molecule has 1 aliphatic heterocycles. The number of rotatable bonds is 7. The zero-order valence-electron chi connectivity index (χ0n) is 17.2. The lowest BCUT2D eigenvalue weighted by atomic mass is 10.2. The molecule has 0 bridgehead atoms. The zero-order valence-corrected chi connectivity index (χ0v) is 18.0. The molecule has 0 radical (unpaired) electrons. The van der Waals surface area contributed by atoms with Crippen molar-refractivity contribution in [2.24, 2.45) is 0 Å². The van der Waals surface area contributed by atoms with Crippen LogP contribution in [0.1, 0.15) is 13.8 Å². The minimum Gasteiger partial charge on any atom is -0.484 e. The molecule has 0 aliphatic carbocycles. The summed E-state index contributed by atoms with van der Waals surface area (Å²) >= 11 is 0. The number of nitrogens with zero attached hydrogens (tertiary/aromatic N) is 3. The maximum absolute atomic E-state index is 13.6. The first-order valence-electron chi connectivity index (χ1n) is 9.35. The van der Waals surface area contributed by atoms with Crippen LogP contribution in [0.5, 0.6) is 11.6 Å². The van der Waals surface area contributed by atoms with E-state index in [1.54, 1.807) is 6.92 Å². The molecule has 2 aromatic rings. The molecule has 3 N–H and O–H groups in total. The number of benzene rings is 1. The number of fused-ring (bicyclic) bond motifs is 1. The Hall–Kier alpha value is -3.48. The Balaban J connectivity index is 2.08. The second kappa shape index (κ2) is 8.71. The van der Waals surface area contributed by atoms with Gasteiger partial charge in [-0.25, -0.2) is 13.2 Å². The number of hydrogen-bond acceptors (Lipinski definition) is 7. The van der Waals surface area contributed by atoms with Crippen molar-refractivity contribution in [2.75, 3.05) is 29.8 Å². The van der Waals surface area contributed by atoms with Gasteiger partial charge >= 0.3 is 6.09 Å². The molecule has 2 heterocycles. The third-order valence-electron chi connectivity index (χ3n) is 4.50. The molecule has 1 aromatic heterocycles. The molecule has 1 unspecified atom stereocenters. The number of aromatic nitrogens is 2. The van der Waals surface area contributed by atoms with E-state index in [1.165, 1.54) is 43.1 Å². The normalized spacial score (nSPS) is 15.6. The van der Waals surface area contributed by atoms with Gasteiger partial charge in [-0.2, -0.15) is 0 Å². The highest BCUT2D eigenvalue weighted by Crippen LogP contribution is 2.40. The van der Waals surface area contributed by atoms with Crippen molar-refractivity contribution in [3.05, 3.63) is 24.4 Å². The highest BCUT2D eigenvalue weighted by atomic mass is 32.2. The largest absolute Gasteiger partial charge is 0.484 e. The van der Waals surface area contributed by atoms with Gasteiger partial charge in [0.15, 0.2) is 4.90 Å². The predicted molar refractivity (Wildman–Crippen MR) is 110 cm³/mol. The van der Waals surface area contributed by atoms with Gasteiger partial charge in [-0.3, -0.25) is 19.1 Å². The fourth-order valence-electron chi connectivity index (χ4n) is 3.09. The summed E-state index contributed by atoms with van der Waals surface area (Å²) in [6.07, 6.45) is -0.594. The number of anilines is 2. The van der Waals surface area contributed by atoms with Crippen molar-refractivity contribution in [2.45, 2.75) is 31.4 Å². The summed E-state index contributed by atoms with van der Waals surface area (Å²) in [5, 5.41) is 17.9. The molecular formula is C18H23N5O7S. The lowest BCUT2D eigenvalue weighted by Crippen LogP contribution is -2.48. The number of nitrogens with one attached hydrogen (secondary N) is 2. The average Bonchev–Trinajstić information content (AvgIpc) is 3.15. The Morgan fingerprint density at radius 2 is 2.13 bits per heavy atom. The maximum atomic E-state index is 13.6. The van der Waals surface area contributed by atoms with Crippen LogP contribution in [0.2, 0.25) is 0 Å². The molecule has 0 saturated carbocycles. The summed E-state index contributed by atoms with van der Waals surface area (Å²) < 4.78 is 40.7. The molecule has 31 heavy (non-hydrogen) atoms. The number of methoxy groups -OCH3 is 1. The molecule has 3 rings (SSSR count). The quantitative estimate of drug-likeness (QED) is 0.563.